The summed E-state index contributed by atoms with van der Waals surface area (Å²) in [7, 11) is 0. The van der Waals surface area contributed by atoms with Gasteiger partial charge in [-0.1, -0.05) is 0 Å². The first-order chi connectivity index (χ1) is 4.09. The summed E-state index contributed by atoms with van der Waals surface area (Å²) in [5.41, 5.74) is 3.48. The smallest absolute Gasteiger partial charge is 0.338 e. The normalized spacial score (nSPS) is 12.1. The molecule has 0 amide bonds. The van der Waals surface area contributed by atoms with Crippen molar-refractivity contribution in [2.24, 2.45) is 5.73 Å². The highest BCUT2D eigenvalue weighted by Gasteiger charge is 2.17. The van der Waals surface area contributed by atoms with Crippen molar-refractivity contribution in [2.75, 3.05) is 0 Å². The minimum Gasteiger partial charge on any atom is -0.478 e. The summed E-state index contributed by atoms with van der Waals surface area (Å²) >= 11 is 0. The van der Waals surface area contributed by atoms with Crippen molar-refractivity contribution >= 4 is 5.97 Å². The molecule has 0 radical (unpaired) electrons. The Morgan fingerprint density at radius 2 is 2.11 bits per heavy atom. The van der Waals surface area contributed by atoms with Gasteiger partial charge in [0, 0.05) is 6.20 Å². The summed E-state index contributed by atoms with van der Waals surface area (Å²) < 4.78 is 22.8. The molecule has 0 fully saturated rings. The number of rotatable bonds is 2. The third-order valence-electron chi connectivity index (χ3n) is 0.662. The Kier molecular flexibility index (Phi) is 2.63. The molecule has 0 aliphatic heterocycles. The van der Waals surface area contributed by atoms with Gasteiger partial charge in [0.25, 0.3) is 6.43 Å². The van der Waals surface area contributed by atoms with Crippen LogP contribution in [0.4, 0.5) is 8.78 Å². The first-order valence-electron chi connectivity index (χ1n) is 2.02. The van der Waals surface area contributed by atoms with Gasteiger partial charge in [-0.2, -0.15) is 0 Å². The van der Waals surface area contributed by atoms with Crippen LogP contribution in [0.5, 0.6) is 0 Å². The van der Waals surface area contributed by atoms with Gasteiger partial charge in [-0.15, -0.1) is 0 Å². The van der Waals surface area contributed by atoms with E-state index in [0.717, 1.165) is 0 Å². The van der Waals surface area contributed by atoms with E-state index < -0.39 is 18.0 Å². The third-order valence-corrected chi connectivity index (χ3v) is 0.662. The summed E-state index contributed by atoms with van der Waals surface area (Å²) in [5, 5.41) is 7.92. The summed E-state index contributed by atoms with van der Waals surface area (Å²) in [6, 6.07) is 0. The zero-order chi connectivity index (χ0) is 7.44. The second-order valence-corrected chi connectivity index (χ2v) is 1.23. The molecule has 0 unspecified atom stereocenters. The van der Waals surface area contributed by atoms with E-state index in [4.69, 9.17) is 5.11 Å². The van der Waals surface area contributed by atoms with E-state index in [9.17, 15) is 13.6 Å². The first-order valence-corrected chi connectivity index (χ1v) is 2.02. The molecule has 0 aromatic heterocycles. The van der Waals surface area contributed by atoms with Crippen LogP contribution in [-0.2, 0) is 4.79 Å². The number of carboxylic acids is 1. The van der Waals surface area contributed by atoms with Crippen LogP contribution < -0.4 is 5.73 Å². The van der Waals surface area contributed by atoms with Crippen molar-refractivity contribution in [3.05, 3.63) is 11.8 Å². The van der Waals surface area contributed by atoms with Crippen molar-refractivity contribution in [3.8, 4) is 0 Å². The number of carboxylic acid groups (broad SMARTS) is 1. The lowest BCUT2D eigenvalue weighted by molar-refractivity contribution is -0.134. The Labute approximate surface area is 49.8 Å². The summed E-state index contributed by atoms with van der Waals surface area (Å²) in [6.07, 6.45) is -2.63. The SMILES string of the molecule is NC=C(C(=O)O)C(F)F. The molecule has 0 atom stereocenters. The average molecular weight is 137 g/mol. The molecule has 0 spiro atoms. The standard InChI is InChI=1S/C4H5F2NO2/c5-3(6)2(1-7)4(8)9/h1,3H,7H2,(H,8,9). The van der Waals surface area contributed by atoms with Crippen molar-refractivity contribution < 1.29 is 18.7 Å². The summed E-state index contributed by atoms with van der Waals surface area (Å²) in [5.74, 6) is -1.69. The van der Waals surface area contributed by atoms with Crippen molar-refractivity contribution in [2.45, 2.75) is 6.43 Å². The van der Waals surface area contributed by atoms with Crippen LogP contribution in [0.1, 0.15) is 0 Å². The lowest BCUT2D eigenvalue weighted by atomic mass is 10.3. The maximum atomic E-state index is 11.4. The van der Waals surface area contributed by atoms with E-state index in [1.165, 1.54) is 0 Å². The Balaban J connectivity index is 4.19. The lowest BCUT2D eigenvalue weighted by Gasteiger charge is -1.95. The second kappa shape index (κ2) is 3.01. The van der Waals surface area contributed by atoms with Crippen LogP contribution in [0.2, 0.25) is 0 Å². The molecule has 0 aromatic carbocycles. The monoisotopic (exact) mass is 137 g/mol. The second-order valence-electron chi connectivity index (χ2n) is 1.23. The molecule has 3 N–H and O–H groups in total. The lowest BCUT2D eigenvalue weighted by Crippen LogP contribution is -2.10. The minimum atomic E-state index is -3.01. The molecule has 0 saturated heterocycles. The number of hydrogen-bond acceptors (Lipinski definition) is 2. The quantitative estimate of drug-likeness (QED) is 0.533. The number of halogens is 2. The number of aliphatic carboxylic acids is 1. The van der Waals surface area contributed by atoms with Gasteiger partial charge >= 0.3 is 5.97 Å². The fraction of sp³-hybridized carbons (Fsp3) is 0.250. The maximum absolute atomic E-state index is 11.4. The van der Waals surface area contributed by atoms with Crippen molar-refractivity contribution in [1.29, 1.82) is 0 Å². The summed E-state index contributed by atoms with van der Waals surface area (Å²) in [4.78, 5) is 9.74. The molecule has 5 heteroatoms. The Morgan fingerprint density at radius 3 is 2.11 bits per heavy atom. The van der Waals surface area contributed by atoms with Gasteiger partial charge < -0.3 is 10.8 Å². The first kappa shape index (κ1) is 7.87. The highest BCUT2D eigenvalue weighted by Crippen LogP contribution is 2.05. The Bertz CT molecular complexity index is 144. The van der Waals surface area contributed by atoms with Gasteiger partial charge in [-0.05, 0) is 0 Å². The number of hydrogen-bond donors (Lipinski definition) is 2. The van der Waals surface area contributed by atoms with E-state index in [0.29, 0.717) is 6.20 Å². The molecule has 3 nitrogen and oxygen atoms in total. The van der Waals surface area contributed by atoms with Crippen LogP contribution in [0.15, 0.2) is 11.8 Å². The zero-order valence-corrected chi connectivity index (χ0v) is 4.34. The largest absolute Gasteiger partial charge is 0.478 e. The van der Waals surface area contributed by atoms with Gasteiger partial charge in [0.2, 0.25) is 0 Å². The molecule has 0 bridgehead atoms. The van der Waals surface area contributed by atoms with Gasteiger partial charge in [-0.3, -0.25) is 0 Å². The molecular formula is C4H5F2NO2. The summed E-state index contributed by atoms with van der Waals surface area (Å²) in [6.45, 7) is 0. The molecule has 0 rings (SSSR count). The van der Waals surface area contributed by atoms with E-state index >= 15 is 0 Å². The van der Waals surface area contributed by atoms with Crippen molar-refractivity contribution in [1.82, 2.24) is 0 Å². The fourth-order valence-electron chi connectivity index (χ4n) is 0.237. The molecule has 0 saturated carbocycles. The van der Waals surface area contributed by atoms with Crippen LogP contribution in [0.25, 0.3) is 0 Å². The van der Waals surface area contributed by atoms with Gasteiger partial charge in [0.1, 0.15) is 5.57 Å². The number of nitrogens with two attached hydrogens (primary N) is 1. The minimum absolute atomic E-state index is 0.382. The van der Waals surface area contributed by atoms with Gasteiger partial charge in [0.15, 0.2) is 0 Å². The molecule has 0 aromatic rings. The fourth-order valence-corrected chi connectivity index (χ4v) is 0.237. The number of carbonyl (C=O) groups is 1. The third kappa shape index (κ3) is 2.07. The number of alkyl halides is 2. The molecule has 9 heavy (non-hydrogen) atoms. The highest BCUT2D eigenvalue weighted by atomic mass is 19.3. The molecule has 0 aliphatic rings. The van der Waals surface area contributed by atoms with Gasteiger partial charge in [-0.25, -0.2) is 13.6 Å². The van der Waals surface area contributed by atoms with Gasteiger partial charge in [0.05, 0.1) is 0 Å². The molecule has 0 heterocycles. The molecule has 0 aliphatic carbocycles. The van der Waals surface area contributed by atoms with Crippen molar-refractivity contribution in [3.63, 3.8) is 0 Å². The topological polar surface area (TPSA) is 63.3 Å². The van der Waals surface area contributed by atoms with E-state index in [1.54, 1.807) is 0 Å². The van der Waals surface area contributed by atoms with E-state index in [2.05, 4.69) is 5.73 Å². The predicted molar refractivity (Wildman–Crippen MR) is 25.9 cm³/mol. The van der Waals surface area contributed by atoms with Crippen LogP contribution in [0, 0.1) is 0 Å². The zero-order valence-electron chi connectivity index (χ0n) is 4.34. The Morgan fingerprint density at radius 1 is 1.67 bits per heavy atom. The maximum Gasteiger partial charge on any atom is 0.338 e. The molecular weight excluding hydrogens is 132 g/mol. The molecule has 52 valence electrons. The Hall–Kier alpha value is -1.13. The average Bonchev–Trinajstić information content (AvgIpc) is 1.64. The van der Waals surface area contributed by atoms with E-state index in [1.807, 2.05) is 0 Å². The van der Waals surface area contributed by atoms with E-state index in [-0.39, 0.29) is 0 Å². The highest BCUT2D eigenvalue weighted by molar-refractivity contribution is 5.87. The van der Waals surface area contributed by atoms with Crippen LogP contribution >= 0.6 is 0 Å². The predicted octanol–water partition coefficient (Wildman–Crippen LogP) is 0.179. The van der Waals surface area contributed by atoms with Crippen LogP contribution in [0.3, 0.4) is 0 Å². The van der Waals surface area contributed by atoms with Crippen LogP contribution in [-0.4, -0.2) is 17.5 Å².